The van der Waals surface area contributed by atoms with E-state index < -0.39 is 0 Å². The van der Waals surface area contributed by atoms with Crippen LogP contribution in [0.2, 0.25) is 0 Å². The molecular formula is C21H22FN3O2S. The highest BCUT2D eigenvalue weighted by molar-refractivity contribution is 7.71. The zero-order valence-electron chi connectivity index (χ0n) is 15.6. The molecule has 2 aromatic carbocycles. The van der Waals surface area contributed by atoms with Crippen LogP contribution in [0.15, 0.2) is 47.3 Å². The van der Waals surface area contributed by atoms with Crippen LogP contribution in [0.4, 0.5) is 4.39 Å². The van der Waals surface area contributed by atoms with Gasteiger partial charge < -0.3 is 9.88 Å². The molecule has 2 N–H and O–H groups in total. The van der Waals surface area contributed by atoms with E-state index in [0.29, 0.717) is 29.6 Å². The zero-order chi connectivity index (χ0) is 20.1. The second-order valence-electron chi connectivity index (χ2n) is 6.73. The van der Waals surface area contributed by atoms with E-state index in [0.717, 1.165) is 24.8 Å². The first kappa shape index (κ1) is 19.9. The molecule has 0 unspecified atom stereocenters. The molecule has 0 atom stereocenters. The maximum absolute atomic E-state index is 13.2. The number of nitrogens with one attached hydrogen (secondary N) is 2. The SMILES string of the molecule is CCCCCN(Cc1ccc(F)cc1)C(=O)c1ccc2c(=O)[nH]c(=S)[nH]c2c1. The van der Waals surface area contributed by atoms with Gasteiger partial charge in [0.2, 0.25) is 0 Å². The van der Waals surface area contributed by atoms with Gasteiger partial charge in [0.1, 0.15) is 5.82 Å². The predicted molar refractivity (Wildman–Crippen MR) is 110 cm³/mol. The number of H-pyrrole nitrogens is 2. The number of halogens is 1. The summed E-state index contributed by atoms with van der Waals surface area (Å²) < 4.78 is 13.4. The Hall–Kier alpha value is -2.80. The fourth-order valence-corrected chi connectivity index (χ4v) is 3.30. The summed E-state index contributed by atoms with van der Waals surface area (Å²) in [5, 5.41) is 0.446. The fraction of sp³-hybridized carbons (Fsp3) is 0.286. The first-order valence-corrected chi connectivity index (χ1v) is 9.69. The Balaban J connectivity index is 1.90. The van der Waals surface area contributed by atoms with E-state index in [9.17, 15) is 14.0 Å². The van der Waals surface area contributed by atoms with Gasteiger partial charge in [-0.3, -0.25) is 14.6 Å². The maximum Gasteiger partial charge on any atom is 0.259 e. The lowest BCUT2D eigenvalue weighted by Crippen LogP contribution is -2.31. The minimum atomic E-state index is -0.303. The predicted octanol–water partition coefficient (Wildman–Crippen LogP) is 4.56. The molecule has 0 aliphatic rings. The van der Waals surface area contributed by atoms with Gasteiger partial charge in [-0.1, -0.05) is 31.9 Å². The Bertz CT molecular complexity index is 1090. The molecule has 5 nitrogen and oxygen atoms in total. The van der Waals surface area contributed by atoms with Crippen molar-refractivity contribution in [1.82, 2.24) is 14.9 Å². The van der Waals surface area contributed by atoms with Crippen LogP contribution >= 0.6 is 12.2 Å². The molecule has 0 saturated carbocycles. The molecule has 0 spiro atoms. The van der Waals surface area contributed by atoms with Crippen molar-refractivity contribution in [3.8, 4) is 0 Å². The van der Waals surface area contributed by atoms with Crippen molar-refractivity contribution in [2.24, 2.45) is 0 Å². The lowest BCUT2D eigenvalue weighted by atomic mass is 10.1. The van der Waals surface area contributed by atoms with Crippen LogP contribution in [-0.2, 0) is 6.54 Å². The molecule has 0 radical (unpaired) electrons. The van der Waals surface area contributed by atoms with Crippen molar-refractivity contribution < 1.29 is 9.18 Å². The van der Waals surface area contributed by atoms with Gasteiger partial charge in [-0.25, -0.2) is 4.39 Å². The monoisotopic (exact) mass is 399 g/mol. The molecule has 3 rings (SSSR count). The Kier molecular flexibility index (Phi) is 6.36. The number of hydrogen-bond donors (Lipinski definition) is 2. The highest BCUT2D eigenvalue weighted by Gasteiger charge is 2.17. The topological polar surface area (TPSA) is 69.0 Å². The average molecular weight is 399 g/mol. The highest BCUT2D eigenvalue weighted by atomic mass is 32.1. The van der Waals surface area contributed by atoms with Gasteiger partial charge in [-0.15, -0.1) is 0 Å². The van der Waals surface area contributed by atoms with E-state index in [1.54, 1.807) is 35.2 Å². The summed E-state index contributed by atoms with van der Waals surface area (Å²) in [6, 6.07) is 11.1. The average Bonchev–Trinajstić information content (AvgIpc) is 2.67. The fourth-order valence-electron chi connectivity index (χ4n) is 3.10. The number of hydrogen-bond acceptors (Lipinski definition) is 3. The summed E-state index contributed by atoms with van der Waals surface area (Å²) in [6.45, 7) is 3.11. The number of carbonyl (C=O) groups excluding carboxylic acids is 1. The molecule has 0 aliphatic carbocycles. The van der Waals surface area contributed by atoms with Crippen molar-refractivity contribution in [2.75, 3.05) is 6.54 Å². The summed E-state index contributed by atoms with van der Waals surface area (Å²) >= 11 is 5.02. The molecule has 1 amide bonds. The number of fused-ring (bicyclic) bond motifs is 1. The van der Waals surface area contributed by atoms with Gasteiger partial charge in [-0.2, -0.15) is 0 Å². The van der Waals surface area contributed by atoms with Crippen LogP contribution in [0, 0.1) is 10.6 Å². The van der Waals surface area contributed by atoms with Gasteiger partial charge in [0, 0.05) is 18.7 Å². The van der Waals surface area contributed by atoms with Crippen LogP contribution in [0.3, 0.4) is 0 Å². The quantitative estimate of drug-likeness (QED) is 0.452. The van der Waals surface area contributed by atoms with E-state index >= 15 is 0 Å². The second-order valence-corrected chi connectivity index (χ2v) is 7.14. The number of unbranched alkanes of at least 4 members (excludes halogenated alkanes) is 2. The summed E-state index contributed by atoms with van der Waals surface area (Å²) in [7, 11) is 0. The van der Waals surface area contributed by atoms with Crippen molar-refractivity contribution in [2.45, 2.75) is 32.7 Å². The van der Waals surface area contributed by atoms with Crippen molar-refractivity contribution in [1.29, 1.82) is 0 Å². The van der Waals surface area contributed by atoms with Crippen molar-refractivity contribution in [3.63, 3.8) is 0 Å². The molecular weight excluding hydrogens is 377 g/mol. The first-order chi connectivity index (χ1) is 13.5. The number of aromatic nitrogens is 2. The van der Waals surface area contributed by atoms with Crippen molar-refractivity contribution in [3.05, 3.63) is 74.5 Å². The van der Waals surface area contributed by atoms with E-state index in [-0.39, 0.29) is 22.1 Å². The van der Waals surface area contributed by atoms with E-state index in [2.05, 4.69) is 16.9 Å². The lowest BCUT2D eigenvalue weighted by molar-refractivity contribution is 0.0740. The Labute approximate surface area is 167 Å². The first-order valence-electron chi connectivity index (χ1n) is 9.28. The van der Waals surface area contributed by atoms with Gasteiger partial charge in [0.05, 0.1) is 10.9 Å². The maximum atomic E-state index is 13.2. The number of aromatic amines is 2. The third-order valence-corrected chi connectivity index (χ3v) is 4.80. The Morgan fingerprint density at radius 3 is 2.57 bits per heavy atom. The Morgan fingerprint density at radius 1 is 1.11 bits per heavy atom. The molecule has 7 heteroatoms. The van der Waals surface area contributed by atoms with Gasteiger partial charge >= 0.3 is 0 Å². The highest BCUT2D eigenvalue weighted by Crippen LogP contribution is 2.16. The Morgan fingerprint density at radius 2 is 1.86 bits per heavy atom. The molecule has 1 aromatic heterocycles. The number of carbonyl (C=O) groups is 1. The van der Waals surface area contributed by atoms with Gasteiger partial charge in [-0.05, 0) is 54.5 Å². The summed E-state index contributed by atoms with van der Waals surface area (Å²) in [6.07, 6.45) is 2.96. The smallest absolute Gasteiger partial charge is 0.259 e. The van der Waals surface area contributed by atoms with Crippen LogP contribution < -0.4 is 5.56 Å². The lowest BCUT2D eigenvalue weighted by Gasteiger charge is -2.23. The van der Waals surface area contributed by atoms with E-state index in [1.807, 2.05) is 0 Å². The number of nitrogens with zero attached hydrogens (tertiary/aromatic N) is 1. The zero-order valence-corrected chi connectivity index (χ0v) is 16.4. The molecule has 3 aromatic rings. The molecule has 146 valence electrons. The van der Waals surface area contributed by atoms with Crippen LogP contribution in [0.1, 0.15) is 42.1 Å². The van der Waals surface area contributed by atoms with E-state index in [1.165, 1.54) is 12.1 Å². The number of rotatable bonds is 7. The van der Waals surface area contributed by atoms with Gasteiger partial charge in [0.25, 0.3) is 11.5 Å². The molecule has 1 heterocycles. The van der Waals surface area contributed by atoms with Crippen LogP contribution in [0.25, 0.3) is 10.9 Å². The normalized spacial score (nSPS) is 10.9. The summed E-state index contributed by atoms with van der Waals surface area (Å²) in [4.78, 5) is 32.3. The summed E-state index contributed by atoms with van der Waals surface area (Å²) in [5.74, 6) is -0.440. The van der Waals surface area contributed by atoms with Gasteiger partial charge in [0.15, 0.2) is 4.77 Å². The number of amides is 1. The molecule has 0 saturated heterocycles. The van der Waals surface area contributed by atoms with Crippen LogP contribution in [-0.4, -0.2) is 27.3 Å². The number of benzene rings is 2. The van der Waals surface area contributed by atoms with Crippen molar-refractivity contribution >= 4 is 29.0 Å². The molecule has 0 bridgehead atoms. The molecule has 28 heavy (non-hydrogen) atoms. The summed E-state index contributed by atoms with van der Waals surface area (Å²) in [5.41, 5.74) is 1.57. The second kappa shape index (κ2) is 8.93. The van der Waals surface area contributed by atoms with Crippen LogP contribution in [0.5, 0.6) is 0 Å². The minimum Gasteiger partial charge on any atom is -0.334 e. The van der Waals surface area contributed by atoms with E-state index in [4.69, 9.17) is 12.2 Å². The minimum absolute atomic E-state index is 0.137. The largest absolute Gasteiger partial charge is 0.334 e. The third kappa shape index (κ3) is 4.72. The molecule has 0 aliphatic heterocycles. The third-order valence-electron chi connectivity index (χ3n) is 4.59. The molecule has 0 fully saturated rings. The standard InChI is InChI=1S/C21H22FN3O2S/c1-2-3-4-11-25(13-14-5-8-16(22)9-6-14)20(27)15-7-10-17-18(12-15)23-21(28)24-19(17)26/h5-10,12H,2-4,11,13H2,1H3,(H2,23,24,26,28).